The van der Waals surface area contributed by atoms with E-state index in [1.807, 2.05) is 0 Å². The van der Waals surface area contributed by atoms with Crippen LogP contribution < -0.4 is 5.32 Å². The van der Waals surface area contributed by atoms with Crippen LogP contribution in [0.2, 0.25) is 0 Å². The van der Waals surface area contributed by atoms with E-state index in [1.165, 1.54) is 38.5 Å². The molecule has 2 N–H and O–H groups in total. The van der Waals surface area contributed by atoms with Gasteiger partial charge in [-0.15, -0.1) is 0 Å². The molecule has 0 aromatic carbocycles. The Hall–Kier alpha value is -0.280. The molecule has 4 atom stereocenters. The molecule has 0 saturated carbocycles. The molecule has 7 nitrogen and oxygen atoms in total. The second-order valence-corrected chi connectivity index (χ2v) is 7.28. The van der Waals surface area contributed by atoms with Crippen molar-refractivity contribution in [3.05, 3.63) is 0 Å². The SMILES string of the molecule is CCCCCCCCN[C@H]1CO[C@H]2[C@@H]1OC[C@H]2OCCOCCOCCO. The summed E-state index contributed by atoms with van der Waals surface area (Å²) >= 11 is 0. The Morgan fingerprint density at radius 3 is 2.37 bits per heavy atom. The van der Waals surface area contributed by atoms with Crippen molar-refractivity contribution in [3.63, 3.8) is 0 Å². The molecular formula is C20H39NO6. The highest BCUT2D eigenvalue weighted by Crippen LogP contribution is 2.28. The number of fused-ring (bicyclic) bond motifs is 1. The maximum atomic E-state index is 8.61. The lowest BCUT2D eigenvalue weighted by Crippen LogP contribution is -2.41. The fourth-order valence-electron chi connectivity index (χ4n) is 3.62. The van der Waals surface area contributed by atoms with E-state index in [4.69, 9.17) is 28.8 Å². The van der Waals surface area contributed by atoms with Crippen LogP contribution in [0.1, 0.15) is 45.4 Å². The molecule has 7 heteroatoms. The summed E-state index contributed by atoms with van der Waals surface area (Å²) in [5, 5.41) is 12.2. The average molecular weight is 390 g/mol. The van der Waals surface area contributed by atoms with Crippen LogP contribution >= 0.6 is 0 Å². The van der Waals surface area contributed by atoms with Crippen molar-refractivity contribution < 1.29 is 28.8 Å². The van der Waals surface area contributed by atoms with Gasteiger partial charge in [0.2, 0.25) is 0 Å². The maximum absolute atomic E-state index is 8.61. The molecule has 27 heavy (non-hydrogen) atoms. The smallest absolute Gasteiger partial charge is 0.114 e. The van der Waals surface area contributed by atoms with E-state index in [-0.39, 0.29) is 31.0 Å². The highest BCUT2D eigenvalue weighted by atomic mass is 16.6. The van der Waals surface area contributed by atoms with E-state index in [0.29, 0.717) is 46.2 Å². The van der Waals surface area contributed by atoms with Gasteiger partial charge in [-0.05, 0) is 13.0 Å². The van der Waals surface area contributed by atoms with Gasteiger partial charge in [-0.1, -0.05) is 39.0 Å². The Labute approximate surface area is 164 Å². The summed E-state index contributed by atoms with van der Waals surface area (Å²) in [6, 6.07) is 0.277. The van der Waals surface area contributed by atoms with Crippen molar-refractivity contribution in [1.82, 2.24) is 5.32 Å². The maximum Gasteiger partial charge on any atom is 0.114 e. The molecule has 2 fully saturated rings. The summed E-state index contributed by atoms with van der Waals surface area (Å²) < 4.78 is 28.3. The van der Waals surface area contributed by atoms with Crippen LogP contribution in [0.5, 0.6) is 0 Å². The minimum absolute atomic E-state index is 0.00918. The Balaban J connectivity index is 1.48. The van der Waals surface area contributed by atoms with E-state index in [1.54, 1.807) is 0 Å². The zero-order valence-corrected chi connectivity index (χ0v) is 16.9. The Morgan fingerprint density at radius 2 is 1.56 bits per heavy atom. The molecule has 2 aliphatic heterocycles. The fourth-order valence-corrected chi connectivity index (χ4v) is 3.62. The normalized spacial score (nSPS) is 27.3. The van der Waals surface area contributed by atoms with Gasteiger partial charge in [0, 0.05) is 0 Å². The minimum Gasteiger partial charge on any atom is -0.394 e. The average Bonchev–Trinajstić information content (AvgIpc) is 3.26. The van der Waals surface area contributed by atoms with Gasteiger partial charge in [0.05, 0.1) is 58.9 Å². The number of hydrogen-bond donors (Lipinski definition) is 2. The molecule has 0 unspecified atom stereocenters. The summed E-state index contributed by atoms with van der Waals surface area (Å²) in [5.74, 6) is 0. The van der Waals surface area contributed by atoms with Crippen LogP contribution in [0.15, 0.2) is 0 Å². The summed E-state index contributed by atoms with van der Waals surface area (Å²) in [7, 11) is 0. The topological polar surface area (TPSA) is 78.4 Å². The van der Waals surface area contributed by atoms with E-state index < -0.39 is 0 Å². The Morgan fingerprint density at radius 1 is 0.852 bits per heavy atom. The Bertz CT molecular complexity index is 359. The second kappa shape index (κ2) is 14.7. The molecule has 2 saturated heterocycles. The lowest BCUT2D eigenvalue weighted by atomic mass is 10.1. The highest BCUT2D eigenvalue weighted by Gasteiger charge is 2.47. The van der Waals surface area contributed by atoms with Gasteiger partial charge in [0.1, 0.15) is 18.3 Å². The molecule has 0 spiro atoms. The quantitative estimate of drug-likeness (QED) is 0.365. The molecule has 2 rings (SSSR count). The van der Waals surface area contributed by atoms with Crippen LogP contribution in [0, 0.1) is 0 Å². The molecule has 0 aromatic heterocycles. The first kappa shape index (κ1) is 23.0. The minimum atomic E-state index is -0.00918. The van der Waals surface area contributed by atoms with Crippen molar-refractivity contribution in [2.24, 2.45) is 0 Å². The third-order valence-corrected chi connectivity index (χ3v) is 5.11. The van der Waals surface area contributed by atoms with Crippen molar-refractivity contribution in [3.8, 4) is 0 Å². The first-order valence-corrected chi connectivity index (χ1v) is 10.7. The van der Waals surface area contributed by atoms with Gasteiger partial charge >= 0.3 is 0 Å². The van der Waals surface area contributed by atoms with Crippen molar-refractivity contribution >= 4 is 0 Å². The third kappa shape index (κ3) is 8.73. The number of hydrogen-bond acceptors (Lipinski definition) is 7. The number of rotatable bonds is 17. The first-order valence-electron chi connectivity index (χ1n) is 10.7. The Kier molecular flexibility index (Phi) is 12.5. The van der Waals surface area contributed by atoms with Crippen LogP contribution in [0.25, 0.3) is 0 Å². The summed E-state index contributed by atoms with van der Waals surface area (Å²) in [6.45, 7) is 7.02. The predicted molar refractivity (Wildman–Crippen MR) is 103 cm³/mol. The molecule has 160 valence electrons. The van der Waals surface area contributed by atoms with Gasteiger partial charge in [0.15, 0.2) is 0 Å². The number of aliphatic hydroxyl groups excluding tert-OH is 1. The molecule has 2 aliphatic rings. The van der Waals surface area contributed by atoms with Crippen LogP contribution in [0.3, 0.4) is 0 Å². The molecular weight excluding hydrogens is 350 g/mol. The van der Waals surface area contributed by atoms with Gasteiger partial charge in [-0.3, -0.25) is 0 Å². The number of nitrogens with one attached hydrogen (secondary N) is 1. The lowest BCUT2D eigenvalue weighted by Gasteiger charge is -2.18. The van der Waals surface area contributed by atoms with Gasteiger partial charge in [0.25, 0.3) is 0 Å². The molecule has 0 aliphatic carbocycles. The molecule has 0 amide bonds. The van der Waals surface area contributed by atoms with E-state index in [0.717, 1.165) is 6.54 Å². The molecule has 0 aromatic rings. The largest absolute Gasteiger partial charge is 0.394 e. The number of ether oxygens (including phenoxy) is 5. The van der Waals surface area contributed by atoms with Gasteiger partial charge in [-0.25, -0.2) is 0 Å². The number of aliphatic hydroxyl groups is 1. The van der Waals surface area contributed by atoms with Crippen LogP contribution in [0.4, 0.5) is 0 Å². The van der Waals surface area contributed by atoms with Gasteiger partial charge < -0.3 is 34.1 Å². The zero-order valence-electron chi connectivity index (χ0n) is 16.9. The van der Waals surface area contributed by atoms with Crippen molar-refractivity contribution in [2.45, 2.75) is 69.8 Å². The fraction of sp³-hybridized carbons (Fsp3) is 1.00. The molecule has 0 radical (unpaired) electrons. The zero-order chi connectivity index (χ0) is 19.2. The number of unbranched alkanes of at least 4 members (excludes halogenated alkanes) is 5. The monoisotopic (exact) mass is 389 g/mol. The van der Waals surface area contributed by atoms with Crippen LogP contribution in [-0.2, 0) is 23.7 Å². The first-order chi connectivity index (χ1) is 13.4. The second-order valence-electron chi connectivity index (χ2n) is 7.28. The van der Waals surface area contributed by atoms with E-state index >= 15 is 0 Å². The van der Waals surface area contributed by atoms with Gasteiger partial charge in [-0.2, -0.15) is 0 Å². The predicted octanol–water partition coefficient (Wildman–Crippen LogP) is 1.51. The van der Waals surface area contributed by atoms with Crippen molar-refractivity contribution in [2.75, 3.05) is 59.4 Å². The summed E-state index contributed by atoms with van der Waals surface area (Å²) in [5.41, 5.74) is 0. The van der Waals surface area contributed by atoms with E-state index in [2.05, 4.69) is 12.2 Å². The van der Waals surface area contributed by atoms with Crippen LogP contribution in [-0.4, -0.2) is 88.9 Å². The lowest BCUT2D eigenvalue weighted by molar-refractivity contribution is -0.0550. The summed E-state index contributed by atoms with van der Waals surface area (Å²) in [6.07, 6.45) is 7.98. The standard InChI is InChI=1S/C20H39NO6/c1-2-3-4-5-6-7-8-21-17-15-26-20-18(16-27-19(17)20)25-14-13-24-12-11-23-10-9-22/h17-22H,2-16H2,1H3/t17-,18+,19+,20+/m0/s1. The summed E-state index contributed by atoms with van der Waals surface area (Å²) in [4.78, 5) is 0. The molecule has 0 bridgehead atoms. The third-order valence-electron chi connectivity index (χ3n) is 5.11. The highest BCUT2D eigenvalue weighted by molar-refractivity contribution is 4.98. The molecule has 2 heterocycles. The van der Waals surface area contributed by atoms with E-state index in [9.17, 15) is 0 Å². The van der Waals surface area contributed by atoms with Crippen molar-refractivity contribution in [1.29, 1.82) is 0 Å².